The van der Waals surface area contributed by atoms with E-state index in [9.17, 15) is 4.79 Å². The molecule has 5 rings (SSSR count). The van der Waals surface area contributed by atoms with Crippen molar-refractivity contribution < 1.29 is 9.53 Å². The molecule has 9 nitrogen and oxygen atoms in total. The molecule has 194 valence electrons. The summed E-state index contributed by atoms with van der Waals surface area (Å²) in [5.74, 6) is 0.639. The number of H-pyrrole nitrogens is 1. The molecule has 1 aromatic carbocycles. The highest BCUT2D eigenvalue weighted by molar-refractivity contribution is 6.88. The van der Waals surface area contributed by atoms with Gasteiger partial charge in [-0.3, -0.25) is 10.2 Å². The van der Waals surface area contributed by atoms with Gasteiger partial charge in [0.2, 0.25) is 0 Å². The molecule has 2 amide bonds. The number of aromatic amines is 1. The Morgan fingerprint density at radius 3 is 2.59 bits per heavy atom. The predicted molar refractivity (Wildman–Crippen MR) is 151 cm³/mol. The maximum atomic E-state index is 13.1. The highest BCUT2D eigenvalue weighted by atomic mass is 28.3. The number of hydrogen-bond acceptors (Lipinski definition) is 5. The molecular formula is C27H35N7O2Si. The minimum absolute atomic E-state index is 0.332. The molecular weight excluding hydrogens is 482 g/mol. The van der Waals surface area contributed by atoms with E-state index in [1.54, 1.807) is 6.20 Å². The fourth-order valence-corrected chi connectivity index (χ4v) is 5.40. The van der Waals surface area contributed by atoms with E-state index >= 15 is 0 Å². The number of urea groups is 1. The van der Waals surface area contributed by atoms with Crippen molar-refractivity contribution in [3.63, 3.8) is 0 Å². The van der Waals surface area contributed by atoms with Crippen molar-refractivity contribution >= 4 is 42.0 Å². The number of fused-ring (bicyclic) bond motifs is 1. The van der Waals surface area contributed by atoms with Crippen molar-refractivity contribution in [1.82, 2.24) is 24.6 Å². The number of amides is 2. The second kappa shape index (κ2) is 10.5. The molecule has 4 aromatic rings. The number of anilines is 2. The standard InChI is InChI=1S/C27H35N7O2Si/c1-19-5-7-22(8-6-19)34-24(16-25(32-34)37(2,3)4)31-27(35)30-21-15-23-20(17-28-26(23)29-18-21)9-10-33-11-13-36-14-12-33/h5-8,15-18H,9-14H2,1-4H3,(H,28,29)(H2,30,31,35). The summed E-state index contributed by atoms with van der Waals surface area (Å²) in [7, 11) is -1.69. The molecule has 1 fully saturated rings. The van der Waals surface area contributed by atoms with Gasteiger partial charge in [-0.15, -0.1) is 0 Å². The Bertz CT molecular complexity index is 1380. The SMILES string of the molecule is Cc1ccc(-n2nc([Si](C)(C)C)cc2NC(=O)Nc2cnc3[nH]cc(CCN4CCOCC4)c3c2)cc1. The Labute approximate surface area is 218 Å². The fourth-order valence-electron chi connectivity index (χ4n) is 4.43. The van der Waals surface area contributed by atoms with Crippen molar-refractivity contribution in [1.29, 1.82) is 0 Å². The zero-order valence-electron chi connectivity index (χ0n) is 22.0. The third-order valence-electron chi connectivity index (χ3n) is 6.67. The Balaban J connectivity index is 1.32. The van der Waals surface area contributed by atoms with Crippen LogP contribution in [0.3, 0.4) is 0 Å². The number of carbonyl (C=O) groups is 1. The first-order chi connectivity index (χ1) is 17.8. The summed E-state index contributed by atoms with van der Waals surface area (Å²) < 4.78 is 7.26. The van der Waals surface area contributed by atoms with Gasteiger partial charge in [-0.2, -0.15) is 5.10 Å². The van der Waals surface area contributed by atoms with Crippen molar-refractivity contribution in [2.24, 2.45) is 0 Å². The normalized spacial score (nSPS) is 14.7. The predicted octanol–water partition coefficient (Wildman–Crippen LogP) is 4.12. The third-order valence-corrected chi connectivity index (χ3v) is 8.45. The highest BCUT2D eigenvalue weighted by Gasteiger charge is 2.23. The lowest BCUT2D eigenvalue weighted by Crippen LogP contribution is -2.39. The largest absolute Gasteiger partial charge is 0.379 e. The monoisotopic (exact) mass is 517 g/mol. The molecule has 0 bridgehead atoms. The van der Waals surface area contributed by atoms with Crippen molar-refractivity contribution in [2.75, 3.05) is 43.5 Å². The number of nitrogens with zero attached hydrogens (tertiary/aromatic N) is 4. The first-order valence-electron chi connectivity index (χ1n) is 12.8. The van der Waals surface area contributed by atoms with Crippen LogP contribution < -0.4 is 16.0 Å². The number of rotatable bonds is 7. The molecule has 1 saturated heterocycles. The van der Waals surface area contributed by atoms with E-state index in [-0.39, 0.29) is 6.03 Å². The second-order valence-electron chi connectivity index (χ2n) is 10.6. The van der Waals surface area contributed by atoms with Crippen LogP contribution in [0.4, 0.5) is 16.3 Å². The van der Waals surface area contributed by atoms with E-state index in [1.165, 1.54) is 11.1 Å². The fraction of sp³-hybridized carbons (Fsp3) is 0.370. The van der Waals surface area contributed by atoms with Gasteiger partial charge < -0.3 is 15.0 Å². The second-order valence-corrected chi connectivity index (χ2v) is 15.6. The van der Waals surface area contributed by atoms with Gasteiger partial charge >= 0.3 is 6.03 Å². The summed E-state index contributed by atoms with van der Waals surface area (Å²) in [4.78, 5) is 23.3. The van der Waals surface area contributed by atoms with Gasteiger partial charge in [0, 0.05) is 36.5 Å². The molecule has 3 aromatic heterocycles. The Kier molecular flexibility index (Phi) is 7.14. The molecule has 4 heterocycles. The van der Waals surface area contributed by atoms with Crippen molar-refractivity contribution in [3.05, 3.63) is 59.9 Å². The molecule has 3 N–H and O–H groups in total. The van der Waals surface area contributed by atoms with Crippen LogP contribution in [0.2, 0.25) is 19.6 Å². The van der Waals surface area contributed by atoms with E-state index in [4.69, 9.17) is 9.84 Å². The lowest BCUT2D eigenvalue weighted by Gasteiger charge is -2.26. The van der Waals surface area contributed by atoms with Gasteiger partial charge in [0.15, 0.2) is 0 Å². The quantitative estimate of drug-likeness (QED) is 0.320. The highest BCUT2D eigenvalue weighted by Crippen LogP contribution is 2.22. The number of ether oxygens (including phenoxy) is 1. The molecule has 1 aliphatic rings. The molecule has 37 heavy (non-hydrogen) atoms. The smallest absolute Gasteiger partial charge is 0.324 e. The van der Waals surface area contributed by atoms with Gasteiger partial charge in [-0.25, -0.2) is 14.5 Å². The summed E-state index contributed by atoms with van der Waals surface area (Å²) >= 11 is 0. The van der Waals surface area contributed by atoms with Crippen LogP contribution in [0.1, 0.15) is 11.1 Å². The maximum absolute atomic E-state index is 13.1. The zero-order chi connectivity index (χ0) is 26.0. The molecule has 0 radical (unpaired) electrons. The van der Waals surface area contributed by atoms with E-state index in [0.29, 0.717) is 11.5 Å². The average molecular weight is 518 g/mol. The lowest BCUT2D eigenvalue weighted by atomic mass is 10.1. The molecule has 0 atom stereocenters. The van der Waals surface area contributed by atoms with Crippen LogP contribution in [0.15, 0.2) is 48.8 Å². The summed E-state index contributed by atoms with van der Waals surface area (Å²) in [6.45, 7) is 13.3. The van der Waals surface area contributed by atoms with Crippen LogP contribution in [-0.2, 0) is 11.2 Å². The zero-order valence-corrected chi connectivity index (χ0v) is 23.0. The van der Waals surface area contributed by atoms with Crippen LogP contribution in [0, 0.1) is 6.92 Å². The summed E-state index contributed by atoms with van der Waals surface area (Å²) in [6.07, 6.45) is 4.60. The van der Waals surface area contributed by atoms with Crippen molar-refractivity contribution in [3.8, 4) is 5.69 Å². The van der Waals surface area contributed by atoms with Crippen molar-refractivity contribution in [2.45, 2.75) is 33.0 Å². The molecule has 0 spiro atoms. The number of nitrogens with one attached hydrogen (secondary N) is 3. The number of hydrogen-bond donors (Lipinski definition) is 3. The van der Waals surface area contributed by atoms with E-state index in [0.717, 1.165) is 61.3 Å². The maximum Gasteiger partial charge on any atom is 0.324 e. The van der Waals surface area contributed by atoms with Crippen LogP contribution in [0.5, 0.6) is 0 Å². The summed E-state index contributed by atoms with van der Waals surface area (Å²) in [5.41, 5.74) is 4.73. The molecule has 0 aliphatic carbocycles. The van der Waals surface area contributed by atoms with E-state index in [1.807, 2.05) is 47.3 Å². The van der Waals surface area contributed by atoms with E-state index in [2.05, 4.69) is 52.1 Å². The van der Waals surface area contributed by atoms with Crippen LogP contribution >= 0.6 is 0 Å². The van der Waals surface area contributed by atoms with E-state index < -0.39 is 8.07 Å². The molecule has 0 unspecified atom stereocenters. The number of pyridine rings is 1. The number of carbonyl (C=O) groups excluding carboxylic acids is 1. The van der Waals surface area contributed by atoms with Gasteiger partial charge in [0.1, 0.15) is 19.5 Å². The van der Waals surface area contributed by atoms with Gasteiger partial charge in [0.25, 0.3) is 0 Å². The summed E-state index contributed by atoms with van der Waals surface area (Å²) in [5, 5.41) is 12.9. The molecule has 1 aliphatic heterocycles. The number of aryl methyl sites for hydroxylation is 1. The van der Waals surface area contributed by atoms with Crippen LogP contribution in [-0.4, -0.2) is 71.6 Å². The van der Waals surface area contributed by atoms with Gasteiger partial charge in [0.05, 0.1) is 30.8 Å². The number of aromatic nitrogens is 4. The lowest BCUT2D eigenvalue weighted by molar-refractivity contribution is 0.0385. The Hall–Kier alpha value is -3.47. The molecule has 10 heteroatoms. The number of benzene rings is 1. The third kappa shape index (κ3) is 5.92. The summed E-state index contributed by atoms with van der Waals surface area (Å²) in [6, 6.07) is 11.8. The van der Waals surface area contributed by atoms with Crippen LogP contribution in [0.25, 0.3) is 16.7 Å². The first kappa shape index (κ1) is 25.2. The van der Waals surface area contributed by atoms with Gasteiger partial charge in [-0.05, 0) is 43.2 Å². The Morgan fingerprint density at radius 1 is 1.11 bits per heavy atom. The first-order valence-corrected chi connectivity index (χ1v) is 16.3. The minimum Gasteiger partial charge on any atom is -0.379 e. The topological polar surface area (TPSA) is 100 Å². The molecule has 0 saturated carbocycles. The number of morpholine rings is 1. The minimum atomic E-state index is -1.69. The van der Waals surface area contributed by atoms with Gasteiger partial charge in [-0.1, -0.05) is 37.3 Å². The average Bonchev–Trinajstić information content (AvgIpc) is 3.48. The Morgan fingerprint density at radius 2 is 1.86 bits per heavy atom.